The van der Waals surface area contributed by atoms with Gasteiger partial charge in [-0.1, -0.05) is 72.8 Å². The maximum Gasteiger partial charge on any atom is 0.227 e. The number of rotatable bonds is 4. The molecule has 0 radical (unpaired) electrons. The molecule has 1 amide bonds. The van der Waals surface area contributed by atoms with Crippen LogP contribution in [0.5, 0.6) is 0 Å². The molecule has 0 spiro atoms. The van der Waals surface area contributed by atoms with Crippen molar-refractivity contribution in [1.82, 2.24) is 5.32 Å². The summed E-state index contributed by atoms with van der Waals surface area (Å²) in [6.45, 7) is 2.52. The Morgan fingerprint density at radius 2 is 1.59 bits per heavy atom. The maximum absolute atomic E-state index is 12.3. The molecule has 0 heterocycles. The van der Waals surface area contributed by atoms with Gasteiger partial charge in [0.2, 0.25) is 5.91 Å². The summed E-state index contributed by atoms with van der Waals surface area (Å²) in [5, 5.41) is 5.37. The lowest BCUT2D eigenvalue weighted by atomic mass is 9.97. The van der Waals surface area contributed by atoms with Crippen molar-refractivity contribution >= 4 is 16.7 Å². The van der Waals surface area contributed by atoms with Crippen LogP contribution in [0, 0.1) is 0 Å². The van der Waals surface area contributed by atoms with Crippen LogP contribution in [-0.4, -0.2) is 5.91 Å². The largest absolute Gasteiger partial charge is 0.352 e. The molecule has 0 saturated carbocycles. The fourth-order valence-corrected chi connectivity index (χ4v) is 2.57. The predicted molar refractivity (Wildman–Crippen MR) is 90.7 cm³/mol. The van der Waals surface area contributed by atoms with Crippen LogP contribution < -0.4 is 5.32 Å². The second-order valence-electron chi connectivity index (χ2n) is 5.53. The van der Waals surface area contributed by atoms with Gasteiger partial charge in [0, 0.05) is 6.54 Å². The van der Waals surface area contributed by atoms with E-state index in [9.17, 15) is 4.79 Å². The molecular weight excluding hydrogens is 270 g/mol. The predicted octanol–water partition coefficient (Wildman–Crippen LogP) is 4.26. The van der Waals surface area contributed by atoms with Gasteiger partial charge in [-0.2, -0.15) is 0 Å². The minimum absolute atomic E-state index is 0.0548. The Bertz CT molecular complexity index is 780. The number of hydrogen-bond acceptors (Lipinski definition) is 1. The lowest BCUT2D eigenvalue weighted by Gasteiger charge is -2.13. The molecule has 1 unspecified atom stereocenters. The first kappa shape index (κ1) is 14.3. The normalized spacial score (nSPS) is 12.0. The summed E-state index contributed by atoms with van der Waals surface area (Å²) in [7, 11) is 0. The zero-order valence-corrected chi connectivity index (χ0v) is 12.6. The summed E-state index contributed by atoms with van der Waals surface area (Å²) in [5.41, 5.74) is 2.16. The third kappa shape index (κ3) is 3.17. The average molecular weight is 289 g/mol. The number of hydrogen-bond donors (Lipinski definition) is 1. The van der Waals surface area contributed by atoms with Gasteiger partial charge in [0.1, 0.15) is 0 Å². The van der Waals surface area contributed by atoms with Crippen molar-refractivity contribution in [3.05, 3.63) is 83.9 Å². The zero-order chi connectivity index (χ0) is 15.4. The molecule has 1 N–H and O–H groups in total. The van der Waals surface area contributed by atoms with Crippen LogP contribution in [0.1, 0.15) is 24.0 Å². The highest BCUT2D eigenvalue weighted by molar-refractivity contribution is 5.87. The second kappa shape index (κ2) is 6.44. The molecule has 3 aromatic rings. The number of amides is 1. The van der Waals surface area contributed by atoms with Gasteiger partial charge in [-0.25, -0.2) is 0 Å². The Balaban J connectivity index is 1.71. The molecule has 1 atom stereocenters. The molecular formula is C20H19NO. The van der Waals surface area contributed by atoms with Crippen molar-refractivity contribution in [3.63, 3.8) is 0 Å². The van der Waals surface area contributed by atoms with Gasteiger partial charge in [-0.15, -0.1) is 0 Å². The number of carbonyl (C=O) groups excluding carboxylic acids is 1. The zero-order valence-electron chi connectivity index (χ0n) is 12.6. The lowest BCUT2D eigenvalue weighted by molar-refractivity contribution is -0.122. The molecule has 0 fully saturated rings. The van der Waals surface area contributed by atoms with E-state index in [0.717, 1.165) is 11.1 Å². The molecule has 0 aliphatic heterocycles. The molecule has 0 aliphatic rings. The first-order chi connectivity index (χ1) is 10.7. The molecule has 0 aromatic heterocycles. The summed E-state index contributed by atoms with van der Waals surface area (Å²) in [6, 6.07) is 24.4. The quantitative estimate of drug-likeness (QED) is 0.764. The van der Waals surface area contributed by atoms with Crippen molar-refractivity contribution < 1.29 is 4.79 Å². The van der Waals surface area contributed by atoms with Crippen molar-refractivity contribution in [2.75, 3.05) is 0 Å². The number of benzene rings is 3. The van der Waals surface area contributed by atoms with E-state index in [1.165, 1.54) is 10.8 Å². The second-order valence-corrected chi connectivity index (χ2v) is 5.53. The van der Waals surface area contributed by atoms with E-state index >= 15 is 0 Å². The molecule has 3 rings (SSSR count). The van der Waals surface area contributed by atoms with E-state index < -0.39 is 0 Å². The molecule has 3 aromatic carbocycles. The molecule has 110 valence electrons. The summed E-state index contributed by atoms with van der Waals surface area (Å²) in [4.78, 5) is 12.3. The van der Waals surface area contributed by atoms with Gasteiger partial charge < -0.3 is 5.32 Å². The average Bonchev–Trinajstić information content (AvgIpc) is 2.59. The first-order valence-corrected chi connectivity index (χ1v) is 7.54. The smallest absolute Gasteiger partial charge is 0.227 e. The SMILES string of the molecule is CC(C(=O)NCc1ccccc1)c1ccc2ccccc2c1. The van der Waals surface area contributed by atoms with Gasteiger partial charge in [-0.3, -0.25) is 4.79 Å². The summed E-state index contributed by atoms with van der Waals surface area (Å²) < 4.78 is 0. The molecule has 0 bridgehead atoms. The number of carbonyl (C=O) groups is 1. The van der Waals surface area contributed by atoms with Crippen molar-refractivity contribution in [2.45, 2.75) is 19.4 Å². The van der Waals surface area contributed by atoms with Gasteiger partial charge in [0.25, 0.3) is 0 Å². The van der Waals surface area contributed by atoms with Crippen molar-refractivity contribution in [2.24, 2.45) is 0 Å². The van der Waals surface area contributed by atoms with Crippen LogP contribution in [-0.2, 0) is 11.3 Å². The third-order valence-electron chi connectivity index (χ3n) is 3.98. The Labute approximate surface area is 130 Å². The summed E-state index contributed by atoms with van der Waals surface area (Å²) >= 11 is 0. The maximum atomic E-state index is 12.3. The fourth-order valence-electron chi connectivity index (χ4n) is 2.57. The lowest BCUT2D eigenvalue weighted by Crippen LogP contribution is -2.27. The molecule has 22 heavy (non-hydrogen) atoms. The van der Waals surface area contributed by atoms with Crippen LogP contribution in [0.25, 0.3) is 10.8 Å². The highest BCUT2D eigenvalue weighted by Crippen LogP contribution is 2.21. The highest BCUT2D eigenvalue weighted by Gasteiger charge is 2.15. The fraction of sp³-hybridized carbons (Fsp3) is 0.150. The van der Waals surface area contributed by atoms with E-state index in [4.69, 9.17) is 0 Å². The Morgan fingerprint density at radius 1 is 0.909 bits per heavy atom. The van der Waals surface area contributed by atoms with E-state index in [1.807, 2.05) is 55.5 Å². The van der Waals surface area contributed by atoms with Gasteiger partial charge in [0.15, 0.2) is 0 Å². The van der Waals surface area contributed by atoms with E-state index in [2.05, 4.69) is 29.6 Å². The first-order valence-electron chi connectivity index (χ1n) is 7.54. The van der Waals surface area contributed by atoms with Gasteiger partial charge >= 0.3 is 0 Å². The highest BCUT2D eigenvalue weighted by atomic mass is 16.1. The Morgan fingerprint density at radius 3 is 2.36 bits per heavy atom. The van der Waals surface area contributed by atoms with Crippen LogP contribution in [0.2, 0.25) is 0 Å². The summed E-state index contributed by atoms with van der Waals surface area (Å²) in [6.07, 6.45) is 0. The van der Waals surface area contributed by atoms with E-state index in [0.29, 0.717) is 6.54 Å². The van der Waals surface area contributed by atoms with Crippen LogP contribution in [0.15, 0.2) is 72.8 Å². The van der Waals surface area contributed by atoms with Gasteiger partial charge in [-0.05, 0) is 28.8 Å². The van der Waals surface area contributed by atoms with E-state index in [1.54, 1.807) is 0 Å². The molecule has 0 saturated heterocycles. The van der Waals surface area contributed by atoms with Gasteiger partial charge in [0.05, 0.1) is 5.92 Å². The van der Waals surface area contributed by atoms with Crippen LogP contribution >= 0.6 is 0 Å². The van der Waals surface area contributed by atoms with Crippen LogP contribution in [0.4, 0.5) is 0 Å². The minimum Gasteiger partial charge on any atom is -0.352 e. The van der Waals surface area contributed by atoms with E-state index in [-0.39, 0.29) is 11.8 Å². The standard InChI is InChI=1S/C20H19NO/c1-15(20(22)21-14-16-7-3-2-4-8-16)18-12-11-17-9-5-6-10-19(17)13-18/h2-13,15H,14H2,1H3,(H,21,22). The molecule has 0 aliphatic carbocycles. The Hall–Kier alpha value is -2.61. The number of nitrogens with one attached hydrogen (secondary N) is 1. The van der Waals surface area contributed by atoms with Crippen molar-refractivity contribution in [1.29, 1.82) is 0 Å². The molecule has 2 nitrogen and oxygen atoms in total. The monoisotopic (exact) mass is 289 g/mol. The third-order valence-corrected chi connectivity index (χ3v) is 3.98. The Kier molecular flexibility index (Phi) is 4.19. The van der Waals surface area contributed by atoms with Crippen LogP contribution in [0.3, 0.4) is 0 Å². The summed E-state index contributed by atoms with van der Waals surface area (Å²) in [5.74, 6) is -0.104. The number of fused-ring (bicyclic) bond motifs is 1. The minimum atomic E-state index is -0.159. The topological polar surface area (TPSA) is 29.1 Å². The van der Waals surface area contributed by atoms with Crippen molar-refractivity contribution in [3.8, 4) is 0 Å². The molecule has 2 heteroatoms.